The quantitative estimate of drug-likeness (QED) is 0.515. The largest absolute Gasteiger partial charge is 0.484 e. The highest BCUT2D eigenvalue weighted by Crippen LogP contribution is 2.22. The van der Waals surface area contributed by atoms with Gasteiger partial charge in [0, 0.05) is 36.7 Å². The minimum atomic E-state index is -0.416. The van der Waals surface area contributed by atoms with Crippen molar-refractivity contribution in [3.63, 3.8) is 0 Å². The molecule has 8 heteroatoms. The fourth-order valence-corrected chi connectivity index (χ4v) is 2.97. The lowest BCUT2D eigenvalue weighted by Crippen LogP contribution is -2.30. The van der Waals surface area contributed by atoms with E-state index in [1.54, 1.807) is 18.2 Å². The van der Waals surface area contributed by atoms with Gasteiger partial charge in [0.05, 0.1) is 0 Å². The molecule has 0 fully saturated rings. The molecule has 3 heterocycles. The molecule has 0 atom stereocenters. The fraction of sp³-hybridized carbons (Fsp3) is 0.200. The molecular weight excluding hydrogens is 360 g/mol. The van der Waals surface area contributed by atoms with E-state index in [-0.39, 0.29) is 12.5 Å². The summed E-state index contributed by atoms with van der Waals surface area (Å²) in [7, 11) is 0. The molecule has 0 spiro atoms. The van der Waals surface area contributed by atoms with Crippen LogP contribution >= 0.6 is 0 Å². The van der Waals surface area contributed by atoms with Gasteiger partial charge in [-0.1, -0.05) is 6.07 Å². The standard InChI is InChI=1S/C20H18N4O4/c1-13-10-20(26)28-16-11-14(5-6-15(13)16)27-12-19(25)21-8-7-18-23-22-17-4-2-3-9-24(17)18/h2-6,9-11H,7-8,12H2,1H3,(H,21,25). The Kier molecular flexibility index (Phi) is 4.76. The summed E-state index contributed by atoms with van der Waals surface area (Å²) in [4.78, 5) is 23.5. The molecule has 1 N–H and O–H groups in total. The van der Waals surface area contributed by atoms with Gasteiger partial charge < -0.3 is 14.5 Å². The lowest BCUT2D eigenvalue weighted by atomic mass is 10.1. The molecule has 142 valence electrons. The van der Waals surface area contributed by atoms with E-state index in [1.165, 1.54) is 6.07 Å². The Bertz CT molecular complexity index is 1210. The van der Waals surface area contributed by atoms with Crippen molar-refractivity contribution >= 4 is 22.5 Å². The Labute approximate surface area is 159 Å². The van der Waals surface area contributed by atoms with Crippen LogP contribution in [0.2, 0.25) is 0 Å². The summed E-state index contributed by atoms with van der Waals surface area (Å²) in [6.45, 7) is 2.12. The fourth-order valence-electron chi connectivity index (χ4n) is 2.97. The van der Waals surface area contributed by atoms with Crippen molar-refractivity contribution in [2.75, 3.05) is 13.2 Å². The van der Waals surface area contributed by atoms with Crippen molar-refractivity contribution in [2.24, 2.45) is 0 Å². The Morgan fingerprint density at radius 3 is 3.00 bits per heavy atom. The van der Waals surface area contributed by atoms with E-state index in [4.69, 9.17) is 9.15 Å². The van der Waals surface area contributed by atoms with Gasteiger partial charge in [-0.3, -0.25) is 9.20 Å². The predicted molar refractivity (Wildman–Crippen MR) is 102 cm³/mol. The Morgan fingerprint density at radius 2 is 2.11 bits per heavy atom. The molecule has 8 nitrogen and oxygen atoms in total. The van der Waals surface area contributed by atoms with E-state index in [0.717, 1.165) is 22.4 Å². The first-order valence-electron chi connectivity index (χ1n) is 8.83. The molecule has 0 radical (unpaired) electrons. The summed E-state index contributed by atoms with van der Waals surface area (Å²) >= 11 is 0. The summed E-state index contributed by atoms with van der Waals surface area (Å²) < 4.78 is 12.6. The van der Waals surface area contributed by atoms with E-state index in [1.807, 2.05) is 35.7 Å². The highest BCUT2D eigenvalue weighted by molar-refractivity contribution is 5.81. The van der Waals surface area contributed by atoms with Crippen LogP contribution in [-0.2, 0) is 11.2 Å². The molecular formula is C20H18N4O4. The monoisotopic (exact) mass is 378 g/mol. The normalized spacial score (nSPS) is 11.0. The number of carbonyl (C=O) groups is 1. The molecule has 28 heavy (non-hydrogen) atoms. The third-order valence-electron chi connectivity index (χ3n) is 4.35. The van der Waals surface area contributed by atoms with Crippen LogP contribution in [0.15, 0.2) is 57.9 Å². The first-order valence-corrected chi connectivity index (χ1v) is 8.83. The van der Waals surface area contributed by atoms with Crippen LogP contribution in [0.5, 0.6) is 5.75 Å². The zero-order chi connectivity index (χ0) is 19.5. The zero-order valence-corrected chi connectivity index (χ0v) is 15.2. The number of pyridine rings is 1. The molecule has 3 aromatic heterocycles. The Morgan fingerprint density at radius 1 is 1.21 bits per heavy atom. The van der Waals surface area contributed by atoms with Crippen LogP contribution in [0.3, 0.4) is 0 Å². The smallest absolute Gasteiger partial charge is 0.336 e. The van der Waals surface area contributed by atoms with Gasteiger partial charge in [-0.15, -0.1) is 10.2 Å². The van der Waals surface area contributed by atoms with E-state index < -0.39 is 5.63 Å². The van der Waals surface area contributed by atoms with Crippen molar-refractivity contribution in [3.05, 3.63) is 70.5 Å². The summed E-state index contributed by atoms with van der Waals surface area (Å²) in [6, 6.07) is 12.3. The molecule has 0 aliphatic carbocycles. The van der Waals surface area contributed by atoms with Gasteiger partial charge in [0.15, 0.2) is 12.3 Å². The van der Waals surface area contributed by atoms with Crippen molar-refractivity contribution in [3.8, 4) is 5.75 Å². The lowest BCUT2D eigenvalue weighted by molar-refractivity contribution is -0.123. The number of hydrogen-bond donors (Lipinski definition) is 1. The molecule has 0 bridgehead atoms. The number of fused-ring (bicyclic) bond motifs is 2. The van der Waals surface area contributed by atoms with Gasteiger partial charge in [0.2, 0.25) is 0 Å². The van der Waals surface area contributed by atoms with Gasteiger partial charge in [0.1, 0.15) is 17.2 Å². The molecule has 0 saturated heterocycles. The highest BCUT2D eigenvalue weighted by Gasteiger charge is 2.08. The molecule has 0 saturated carbocycles. The molecule has 1 amide bonds. The third kappa shape index (κ3) is 3.71. The average molecular weight is 378 g/mol. The molecule has 1 aromatic carbocycles. The van der Waals surface area contributed by atoms with E-state index in [2.05, 4.69) is 15.5 Å². The zero-order valence-electron chi connectivity index (χ0n) is 15.2. The molecule has 0 aliphatic heterocycles. The van der Waals surface area contributed by atoms with E-state index >= 15 is 0 Å². The maximum absolute atomic E-state index is 12.0. The van der Waals surface area contributed by atoms with Crippen LogP contribution in [0.25, 0.3) is 16.6 Å². The van der Waals surface area contributed by atoms with Crippen molar-refractivity contribution in [2.45, 2.75) is 13.3 Å². The molecule has 4 aromatic rings. The second-order valence-corrected chi connectivity index (χ2v) is 6.34. The van der Waals surface area contributed by atoms with Gasteiger partial charge in [-0.25, -0.2) is 4.79 Å². The van der Waals surface area contributed by atoms with Crippen LogP contribution in [0.1, 0.15) is 11.4 Å². The maximum Gasteiger partial charge on any atom is 0.336 e. The number of carbonyl (C=O) groups excluding carboxylic acids is 1. The molecule has 4 rings (SSSR count). The number of nitrogens with one attached hydrogen (secondary N) is 1. The van der Waals surface area contributed by atoms with Gasteiger partial charge in [-0.05, 0) is 36.8 Å². The second-order valence-electron chi connectivity index (χ2n) is 6.34. The predicted octanol–water partition coefficient (Wildman–Crippen LogP) is 1.88. The highest BCUT2D eigenvalue weighted by atomic mass is 16.5. The minimum Gasteiger partial charge on any atom is -0.484 e. The van der Waals surface area contributed by atoms with Gasteiger partial charge >= 0.3 is 5.63 Å². The Balaban J connectivity index is 1.32. The first-order chi connectivity index (χ1) is 13.6. The lowest BCUT2D eigenvalue weighted by Gasteiger charge is -2.08. The van der Waals surface area contributed by atoms with E-state index in [0.29, 0.717) is 24.3 Å². The topological polar surface area (TPSA) is 98.7 Å². The number of aromatic nitrogens is 3. The second kappa shape index (κ2) is 7.51. The summed E-state index contributed by atoms with van der Waals surface area (Å²) in [5.74, 6) is 0.983. The summed E-state index contributed by atoms with van der Waals surface area (Å²) in [5, 5.41) is 11.8. The van der Waals surface area contributed by atoms with Crippen LogP contribution < -0.4 is 15.7 Å². The molecule has 0 unspecified atom stereocenters. The minimum absolute atomic E-state index is 0.137. The summed E-state index contributed by atoms with van der Waals surface area (Å²) in [6.07, 6.45) is 2.44. The number of ether oxygens (including phenoxy) is 1. The number of nitrogens with zero attached hydrogens (tertiary/aromatic N) is 3. The van der Waals surface area contributed by atoms with Crippen LogP contribution in [0.4, 0.5) is 0 Å². The van der Waals surface area contributed by atoms with Crippen molar-refractivity contribution in [1.29, 1.82) is 0 Å². The third-order valence-corrected chi connectivity index (χ3v) is 4.35. The number of hydrogen-bond acceptors (Lipinski definition) is 6. The van der Waals surface area contributed by atoms with Gasteiger partial charge in [0.25, 0.3) is 5.91 Å². The number of benzene rings is 1. The molecule has 0 aliphatic rings. The van der Waals surface area contributed by atoms with E-state index in [9.17, 15) is 9.59 Å². The van der Waals surface area contributed by atoms with Crippen LogP contribution in [-0.4, -0.2) is 33.7 Å². The first kappa shape index (κ1) is 17.7. The SMILES string of the molecule is Cc1cc(=O)oc2cc(OCC(=O)NCCc3nnc4ccccn34)ccc12. The van der Waals surface area contributed by atoms with Crippen molar-refractivity contribution in [1.82, 2.24) is 19.9 Å². The van der Waals surface area contributed by atoms with Crippen molar-refractivity contribution < 1.29 is 13.9 Å². The number of rotatable bonds is 6. The van der Waals surface area contributed by atoms with Crippen LogP contribution in [0, 0.1) is 6.92 Å². The average Bonchev–Trinajstić information content (AvgIpc) is 3.09. The van der Waals surface area contributed by atoms with Gasteiger partial charge in [-0.2, -0.15) is 0 Å². The number of amides is 1. The Hall–Kier alpha value is -3.68. The number of aryl methyl sites for hydroxylation is 1. The maximum atomic E-state index is 12.0. The summed E-state index contributed by atoms with van der Waals surface area (Å²) in [5.41, 5.74) is 1.62.